The summed E-state index contributed by atoms with van der Waals surface area (Å²) in [5.41, 5.74) is 3.26. The molecule has 0 aliphatic carbocycles. The van der Waals surface area contributed by atoms with Gasteiger partial charge in [0.2, 0.25) is 0 Å². The Bertz CT molecular complexity index is 652. The standard InChI is InChI=1S/C17H19ClN2O2/c1-12-8-20-9-13(10-22-11-21-2)6-16(17(20)19-12)14-4-3-5-15(18)7-14/h3-7,9,12H,8,10-11H2,1-2H3. The zero-order valence-corrected chi connectivity index (χ0v) is 13.5. The van der Waals surface area contributed by atoms with E-state index < -0.39 is 0 Å². The van der Waals surface area contributed by atoms with Gasteiger partial charge in [0.05, 0.1) is 12.6 Å². The smallest absolute Gasteiger partial charge is 0.146 e. The van der Waals surface area contributed by atoms with E-state index >= 15 is 0 Å². The highest BCUT2D eigenvalue weighted by Gasteiger charge is 2.27. The normalized spacial score (nSPS) is 20.4. The second-order valence-electron chi connectivity index (χ2n) is 5.48. The van der Waals surface area contributed by atoms with Crippen molar-refractivity contribution in [3.05, 3.63) is 52.7 Å². The van der Waals surface area contributed by atoms with E-state index in [2.05, 4.69) is 30.2 Å². The highest BCUT2D eigenvalue weighted by molar-refractivity contribution is 6.31. The molecule has 3 rings (SSSR count). The zero-order chi connectivity index (χ0) is 15.5. The lowest BCUT2D eigenvalue weighted by Crippen LogP contribution is -2.28. The van der Waals surface area contributed by atoms with E-state index in [1.54, 1.807) is 7.11 Å². The van der Waals surface area contributed by atoms with Crippen LogP contribution >= 0.6 is 11.6 Å². The van der Waals surface area contributed by atoms with Crippen molar-refractivity contribution in [3.8, 4) is 0 Å². The third-order valence-corrected chi connectivity index (χ3v) is 3.81. The van der Waals surface area contributed by atoms with Crippen LogP contribution in [0.4, 0.5) is 0 Å². The summed E-state index contributed by atoms with van der Waals surface area (Å²) >= 11 is 6.14. The molecule has 1 aromatic carbocycles. The van der Waals surface area contributed by atoms with Crippen molar-refractivity contribution in [1.82, 2.24) is 4.90 Å². The molecule has 0 spiro atoms. The molecule has 1 atom stereocenters. The maximum absolute atomic E-state index is 6.14. The SMILES string of the molecule is COCOCC1=CN2CC(C)N=C2C(c2cccc(Cl)c2)=C1. The van der Waals surface area contributed by atoms with Gasteiger partial charge in [-0.3, -0.25) is 4.99 Å². The summed E-state index contributed by atoms with van der Waals surface area (Å²) in [4.78, 5) is 6.94. The van der Waals surface area contributed by atoms with Crippen LogP contribution in [0, 0.1) is 0 Å². The van der Waals surface area contributed by atoms with Gasteiger partial charge in [-0.05, 0) is 36.3 Å². The minimum atomic E-state index is 0.285. The van der Waals surface area contributed by atoms with Gasteiger partial charge in [0.15, 0.2) is 0 Å². The fraction of sp³-hybridized carbons (Fsp3) is 0.353. The number of benzene rings is 1. The summed E-state index contributed by atoms with van der Waals surface area (Å²) in [5, 5.41) is 0.725. The fourth-order valence-electron chi connectivity index (χ4n) is 2.71. The first-order chi connectivity index (χ1) is 10.7. The number of fused-ring (bicyclic) bond motifs is 1. The molecular weight excluding hydrogens is 300 g/mol. The molecule has 0 amide bonds. The molecule has 0 bridgehead atoms. The quantitative estimate of drug-likeness (QED) is 0.617. The van der Waals surface area contributed by atoms with Crippen LogP contribution in [0.15, 0.2) is 47.1 Å². The molecule has 2 heterocycles. The molecule has 0 N–H and O–H groups in total. The maximum atomic E-state index is 6.14. The molecule has 2 aliphatic heterocycles. The first-order valence-corrected chi connectivity index (χ1v) is 7.65. The second kappa shape index (κ2) is 6.65. The highest BCUT2D eigenvalue weighted by Crippen LogP contribution is 2.30. The summed E-state index contributed by atoms with van der Waals surface area (Å²) in [7, 11) is 1.62. The minimum Gasteiger partial charge on any atom is -0.359 e. The second-order valence-corrected chi connectivity index (χ2v) is 5.92. The van der Waals surface area contributed by atoms with E-state index in [1.165, 1.54) is 0 Å². The van der Waals surface area contributed by atoms with Gasteiger partial charge in [-0.2, -0.15) is 0 Å². The number of amidine groups is 1. The van der Waals surface area contributed by atoms with Gasteiger partial charge in [-0.25, -0.2) is 0 Å². The van der Waals surface area contributed by atoms with Gasteiger partial charge in [0.25, 0.3) is 0 Å². The van der Waals surface area contributed by atoms with Gasteiger partial charge < -0.3 is 14.4 Å². The Morgan fingerprint density at radius 3 is 3.05 bits per heavy atom. The predicted molar refractivity (Wildman–Crippen MR) is 88.9 cm³/mol. The predicted octanol–water partition coefficient (Wildman–Crippen LogP) is 3.34. The van der Waals surface area contributed by atoms with Crippen LogP contribution in [-0.2, 0) is 9.47 Å². The third kappa shape index (κ3) is 3.24. The van der Waals surface area contributed by atoms with Crippen molar-refractivity contribution in [2.75, 3.05) is 27.1 Å². The van der Waals surface area contributed by atoms with Crippen LogP contribution in [0.25, 0.3) is 5.57 Å². The van der Waals surface area contributed by atoms with Crippen LogP contribution in [0.2, 0.25) is 5.02 Å². The van der Waals surface area contributed by atoms with Crippen LogP contribution in [0.1, 0.15) is 12.5 Å². The molecule has 4 nitrogen and oxygen atoms in total. The molecular formula is C17H19ClN2O2. The van der Waals surface area contributed by atoms with Crippen LogP contribution in [-0.4, -0.2) is 43.8 Å². The van der Waals surface area contributed by atoms with E-state index in [1.807, 2.05) is 18.2 Å². The average Bonchev–Trinajstić information content (AvgIpc) is 2.87. The number of aliphatic imine (C=N–C) groups is 1. The monoisotopic (exact) mass is 318 g/mol. The lowest BCUT2D eigenvalue weighted by atomic mass is 9.99. The van der Waals surface area contributed by atoms with E-state index in [-0.39, 0.29) is 12.8 Å². The first-order valence-electron chi connectivity index (χ1n) is 7.27. The number of nitrogens with zero attached hydrogens (tertiary/aromatic N) is 2. The molecule has 1 unspecified atom stereocenters. The Hall–Kier alpha value is -1.62. The van der Waals surface area contributed by atoms with Crippen LogP contribution in [0.3, 0.4) is 0 Å². The van der Waals surface area contributed by atoms with Crippen molar-refractivity contribution < 1.29 is 9.47 Å². The molecule has 0 radical (unpaired) electrons. The Kier molecular flexibility index (Phi) is 4.62. The summed E-state index contributed by atoms with van der Waals surface area (Å²) in [6.45, 7) is 3.81. The van der Waals surface area contributed by atoms with E-state index in [4.69, 9.17) is 26.1 Å². The number of ether oxygens (including phenoxy) is 2. The van der Waals surface area contributed by atoms with Gasteiger partial charge in [0.1, 0.15) is 12.6 Å². The van der Waals surface area contributed by atoms with E-state index in [9.17, 15) is 0 Å². The number of hydrogen-bond acceptors (Lipinski definition) is 4. The van der Waals surface area contributed by atoms with Crippen LogP contribution in [0.5, 0.6) is 0 Å². The summed E-state index contributed by atoms with van der Waals surface area (Å²) in [6.07, 6.45) is 4.22. The molecule has 22 heavy (non-hydrogen) atoms. The van der Waals surface area contributed by atoms with Gasteiger partial charge in [-0.1, -0.05) is 23.7 Å². The molecule has 1 aromatic rings. The summed E-state index contributed by atoms with van der Waals surface area (Å²) in [6, 6.07) is 8.15. The first kappa shape index (κ1) is 15.3. The lowest BCUT2D eigenvalue weighted by molar-refractivity contribution is -0.0206. The number of rotatable bonds is 5. The molecule has 0 aromatic heterocycles. The molecule has 2 aliphatic rings. The number of hydrogen-bond donors (Lipinski definition) is 0. The number of halogens is 1. The molecule has 0 saturated heterocycles. The number of methoxy groups -OCH3 is 1. The largest absolute Gasteiger partial charge is 0.359 e. The summed E-state index contributed by atoms with van der Waals surface area (Å²) in [5.74, 6) is 1.00. The van der Waals surface area contributed by atoms with Gasteiger partial charge in [-0.15, -0.1) is 0 Å². The van der Waals surface area contributed by atoms with Crippen molar-refractivity contribution in [2.24, 2.45) is 4.99 Å². The Morgan fingerprint density at radius 2 is 2.27 bits per heavy atom. The lowest BCUT2D eigenvalue weighted by Gasteiger charge is -2.24. The molecule has 0 fully saturated rings. The van der Waals surface area contributed by atoms with E-state index in [0.29, 0.717) is 6.61 Å². The molecule has 0 saturated carbocycles. The average molecular weight is 319 g/mol. The van der Waals surface area contributed by atoms with Crippen molar-refractivity contribution in [3.63, 3.8) is 0 Å². The third-order valence-electron chi connectivity index (χ3n) is 3.57. The van der Waals surface area contributed by atoms with Crippen LogP contribution < -0.4 is 0 Å². The van der Waals surface area contributed by atoms with Crippen molar-refractivity contribution in [1.29, 1.82) is 0 Å². The summed E-state index contributed by atoms with van der Waals surface area (Å²) < 4.78 is 10.4. The Morgan fingerprint density at radius 1 is 1.41 bits per heavy atom. The minimum absolute atomic E-state index is 0.285. The zero-order valence-electron chi connectivity index (χ0n) is 12.8. The highest BCUT2D eigenvalue weighted by atomic mass is 35.5. The maximum Gasteiger partial charge on any atom is 0.146 e. The topological polar surface area (TPSA) is 34.1 Å². The molecule has 116 valence electrons. The molecule has 5 heteroatoms. The van der Waals surface area contributed by atoms with Gasteiger partial charge in [0, 0.05) is 30.5 Å². The Labute approximate surface area is 135 Å². The van der Waals surface area contributed by atoms with Crippen molar-refractivity contribution in [2.45, 2.75) is 13.0 Å². The van der Waals surface area contributed by atoms with E-state index in [0.717, 1.165) is 34.1 Å². The Balaban J connectivity index is 1.93. The van der Waals surface area contributed by atoms with Gasteiger partial charge >= 0.3 is 0 Å². The van der Waals surface area contributed by atoms with Crippen molar-refractivity contribution >= 4 is 23.0 Å². The fourth-order valence-corrected chi connectivity index (χ4v) is 2.90.